The maximum absolute atomic E-state index is 13.2. The minimum atomic E-state index is -1.13. The second-order valence-electron chi connectivity index (χ2n) is 3.88. The number of halogens is 1. The molecular weight excluding hydrogens is 225 g/mol. The maximum atomic E-state index is 13.2. The first-order valence-corrected chi connectivity index (χ1v) is 6.83. The van der Waals surface area contributed by atoms with Crippen LogP contribution in [-0.2, 0) is 10.8 Å². The van der Waals surface area contributed by atoms with Crippen molar-refractivity contribution in [2.24, 2.45) is 5.92 Å². The van der Waals surface area contributed by atoms with Crippen molar-refractivity contribution in [1.29, 1.82) is 0 Å². The summed E-state index contributed by atoms with van der Waals surface area (Å²) in [7, 11) is -1.13. The summed E-state index contributed by atoms with van der Waals surface area (Å²) in [5, 5.41) is 0. The van der Waals surface area contributed by atoms with E-state index in [1.54, 1.807) is 6.07 Å². The van der Waals surface area contributed by atoms with E-state index in [-0.39, 0.29) is 5.69 Å². The van der Waals surface area contributed by atoms with Crippen molar-refractivity contribution in [1.82, 2.24) is 0 Å². The molecule has 1 rings (SSSR count). The van der Waals surface area contributed by atoms with Gasteiger partial charge in [0, 0.05) is 10.6 Å². The number of nitrogen functional groups attached to an aromatic ring is 1. The van der Waals surface area contributed by atoms with Gasteiger partial charge in [-0.15, -0.1) is 0 Å². The number of benzene rings is 1. The number of rotatable bonds is 5. The number of anilines is 1. The van der Waals surface area contributed by atoms with Crippen LogP contribution in [0.2, 0.25) is 0 Å². The highest BCUT2D eigenvalue weighted by atomic mass is 32.2. The first kappa shape index (κ1) is 13.2. The average molecular weight is 243 g/mol. The zero-order chi connectivity index (χ0) is 12.1. The van der Waals surface area contributed by atoms with Gasteiger partial charge < -0.3 is 5.73 Å². The van der Waals surface area contributed by atoms with Crippen LogP contribution in [0, 0.1) is 11.7 Å². The van der Waals surface area contributed by atoms with E-state index >= 15 is 0 Å². The predicted octanol–water partition coefficient (Wildman–Crippen LogP) is 2.95. The summed E-state index contributed by atoms with van der Waals surface area (Å²) in [6.07, 6.45) is 2.00. The summed E-state index contributed by atoms with van der Waals surface area (Å²) in [5.41, 5.74) is 5.47. The van der Waals surface area contributed by atoms with E-state index in [1.807, 2.05) is 0 Å². The van der Waals surface area contributed by atoms with Crippen LogP contribution in [0.4, 0.5) is 10.1 Å². The van der Waals surface area contributed by atoms with Crippen molar-refractivity contribution in [2.75, 3.05) is 11.5 Å². The van der Waals surface area contributed by atoms with Crippen LogP contribution in [0.5, 0.6) is 0 Å². The second kappa shape index (κ2) is 5.99. The molecule has 2 N–H and O–H groups in total. The molecule has 0 heterocycles. The SMILES string of the molecule is CCC(CC)CS(=O)c1ccc(N)c(F)c1. The van der Waals surface area contributed by atoms with Crippen LogP contribution < -0.4 is 5.73 Å². The molecule has 4 heteroatoms. The lowest BCUT2D eigenvalue weighted by atomic mass is 10.1. The lowest BCUT2D eigenvalue weighted by Gasteiger charge is -2.11. The van der Waals surface area contributed by atoms with Crippen molar-refractivity contribution >= 4 is 16.5 Å². The Balaban J connectivity index is 2.76. The van der Waals surface area contributed by atoms with Gasteiger partial charge in [0.15, 0.2) is 0 Å². The first-order valence-electron chi connectivity index (χ1n) is 5.51. The van der Waals surface area contributed by atoms with Gasteiger partial charge in [-0.3, -0.25) is 4.21 Å². The molecule has 0 aliphatic carbocycles. The van der Waals surface area contributed by atoms with Crippen molar-refractivity contribution in [3.05, 3.63) is 24.0 Å². The van der Waals surface area contributed by atoms with E-state index in [0.29, 0.717) is 16.6 Å². The molecule has 0 fully saturated rings. The third kappa shape index (κ3) is 3.30. The number of hydrogen-bond acceptors (Lipinski definition) is 2. The molecule has 0 amide bonds. The maximum Gasteiger partial charge on any atom is 0.147 e. The Bertz CT molecular complexity index is 377. The molecule has 0 radical (unpaired) electrons. The van der Waals surface area contributed by atoms with E-state index in [0.717, 1.165) is 12.8 Å². The Morgan fingerprint density at radius 2 is 2.00 bits per heavy atom. The highest BCUT2D eigenvalue weighted by Crippen LogP contribution is 2.18. The third-order valence-electron chi connectivity index (χ3n) is 2.78. The van der Waals surface area contributed by atoms with Crippen molar-refractivity contribution in [3.63, 3.8) is 0 Å². The summed E-state index contributed by atoms with van der Waals surface area (Å²) >= 11 is 0. The Kier molecular flexibility index (Phi) is 4.93. The minimum Gasteiger partial charge on any atom is -0.396 e. The quantitative estimate of drug-likeness (QED) is 0.808. The fraction of sp³-hybridized carbons (Fsp3) is 0.500. The van der Waals surface area contributed by atoms with Crippen LogP contribution in [0.25, 0.3) is 0 Å². The smallest absolute Gasteiger partial charge is 0.147 e. The van der Waals surface area contributed by atoms with Crippen molar-refractivity contribution in [2.45, 2.75) is 31.6 Å². The standard InChI is InChI=1S/C12H18FNOS/c1-3-9(4-2)8-16(15)10-5-6-12(14)11(13)7-10/h5-7,9H,3-4,8,14H2,1-2H3. The fourth-order valence-corrected chi connectivity index (χ4v) is 3.03. The lowest BCUT2D eigenvalue weighted by molar-refractivity contribution is 0.544. The lowest BCUT2D eigenvalue weighted by Crippen LogP contribution is -2.10. The molecule has 0 saturated carbocycles. The van der Waals surface area contributed by atoms with Crippen LogP contribution in [0.3, 0.4) is 0 Å². The Morgan fingerprint density at radius 1 is 1.38 bits per heavy atom. The van der Waals surface area contributed by atoms with Gasteiger partial charge in [0.05, 0.1) is 16.5 Å². The van der Waals surface area contributed by atoms with Crippen LogP contribution >= 0.6 is 0 Å². The topological polar surface area (TPSA) is 43.1 Å². The zero-order valence-electron chi connectivity index (χ0n) is 9.70. The molecule has 0 aromatic heterocycles. The van der Waals surface area contributed by atoms with Crippen molar-refractivity contribution in [3.8, 4) is 0 Å². The largest absolute Gasteiger partial charge is 0.396 e. The highest BCUT2D eigenvalue weighted by molar-refractivity contribution is 7.85. The molecule has 1 aromatic carbocycles. The van der Waals surface area contributed by atoms with Gasteiger partial charge >= 0.3 is 0 Å². The van der Waals surface area contributed by atoms with Gasteiger partial charge in [-0.25, -0.2) is 4.39 Å². The van der Waals surface area contributed by atoms with Gasteiger partial charge in [-0.05, 0) is 24.1 Å². The average Bonchev–Trinajstić information content (AvgIpc) is 2.29. The molecular formula is C12H18FNOS. The van der Waals surface area contributed by atoms with Crippen LogP contribution in [0.15, 0.2) is 23.1 Å². The summed E-state index contributed by atoms with van der Waals surface area (Å²) < 4.78 is 25.1. The number of nitrogens with two attached hydrogens (primary N) is 1. The zero-order valence-corrected chi connectivity index (χ0v) is 10.5. The van der Waals surface area contributed by atoms with Crippen molar-refractivity contribution < 1.29 is 8.60 Å². The molecule has 0 aliphatic rings. The normalized spacial score (nSPS) is 13.0. The molecule has 2 nitrogen and oxygen atoms in total. The minimum absolute atomic E-state index is 0.100. The molecule has 0 bridgehead atoms. The molecule has 1 atom stereocenters. The predicted molar refractivity (Wildman–Crippen MR) is 66.2 cm³/mol. The fourth-order valence-electron chi connectivity index (χ4n) is 1.48. The van der Waals surface area contributed by atoms with Gasteiger partial charge in [0.2, 0.25) is 0 Å². The first-order chi connectivity index (χ1) is 7.58. The molecule has 1 aromatic rings. The summed E-state index contributed by atoms with van der Waals surface area (Å²) in [5.74, 6) is 0.535. The molecule has 90 valence electrons. The van der Waals surface area contributed by atoms with Crippen LogP contribution in [-0.4, -0.2) is 9.96 Å². The monoisotopic (exact) mass is 243 g/mol. The molecule has 1 unspecified atom stereocenters. The second-order valence-corrected chi connectivity index (χ2v) is 5.37. The third-order valence-corrected chi connectivity index (χ3v) is 4.33. The van der Waals surface area contributed by atoms with E-state index in [1.165, 1.54) is 12.1 Å². The molecule has 0 saturated heterocycles. The summed E-state index contributed by atoms with van der Waals surface area (Å²) in [4.78, 5) is 0.526. The van der Waals surface area contributed by atoms with E-state index in [4.69, 9.17) is 5.73 Å². The number of hydrogen-bond donors (Lipinski definition) is 1. The molecule has 16 heavy (non-hydrogen) atoms. The van der Waals surface area contributed by atoms with Gasteiger partial charge in [0.25, 0.3) is 0 Å². The van der Waals surface area contributed by atoms with Gasteiger partial charge in [-0.2, -0.15) is 0 Å². The Morgan fingerprint density at radius 3 is 2.50 bits per heavy atom. The van der Waals surface area contributed by atoms with E-state index in [9.17, 15) is 8.60 Å². The van der Waals surface area contributed by atoms with Crippen LogP contribution in [0.1, 0.15) is 26.7 Å². The Labute approximate surface area is 98.5 Å². The van der Waals surface area contributed by atoms with Gasteiger partial charge in [0.1, 0.15) is 5.82 Å². The summed E-state index contributed by atoms with van der Waals surface area (Å²) in [6.45, 7) is 4.16. The van der Waals surface area contributed by atoms with Gasteiger partial charge in [-0.1, -0.05) is 26.7 Å². The van der Waals surface area contributed by atoms with E-state index in [2.05, 4.69) is 13.8 Å². The molecule has 0 spiro atoms. The highest BCUT2D eigenvalue weighted by Gasteiger charge is 2.12. The van der Waals surface area contributed by atoms with E-state index < -0.39 is 16.6 Å². The Hall–Kier alpha value is -0.900. The summed E-state index contributed by atoms with van der Waals surface area (Å²) in [6, 6.07) is 4.38. The molecule has 0 aliphatic heterocycles.